The van der Waals surface area contributed by atoms with E-state index < -0.39 is 0 Å². The summed E-state index contributed by atoms with van der Waals surface area (Å²) < 4.78 is 10.4. The minimum absolute atomic E-state index is 0.259. The lowest BCUT2D eigenvalue weighted by Crippen LogP contribution is -2.39. The molecule has 1 unspecified atom stereocenters. The molecule has 0 N–H and O–H groups in total. The van der Waals surface area contributed by atoms with Crippen LogP contribution in [-0.4, -0.2) is 45.0 Å². The van der Waals surface area contributed by atoms with Gasteiger partial charge in [-0.15, -0.1) is 11.6 Å². The molecule has 1 aromatic rings. The van der Waals surface area contributed by atoms with Crippen LogP contribution in [0.15, 0.2) is 18.5 Å². The van der Waals surface area contributed by atoms with E-state index in [1.807, 2.05) is 12.3 Å². The SMILES string of the molecule is COCCN(c1ccncc1CCl)C(C)COC. The third-order valence-electron chi connectivity index (χ3n) is 2.81. The van der Waals surface area contributed by atoms with Gasteiger partial charge < -0.3 is 14.4 Å². The first-order valence-electron chi connectivity index (χ1n) is 5.98. The zero-order valence-electron chi connectivity index (χ0n) is 11.2. The summed E-state index contributed by atoms with van der Waals surface area (Å²) in [7, 11) is 3.41. The van der Waals surface area contributed by atoms with Crippen molar-refractivity contribution in [3.8, 4) is 0 Å². The number of ether oxygens (including phenoxy) is 2. The Hall–Kier alpha value is -0.840. The number of methoxy groups -OCH3 is 2. The van der Waals surface area contributed by atoms with Crippen LogP contribution in [0.1, 0.15) is 12.5 Å². The largest absolute Gasteiger partial charge is 0.383 e. The molecule has 0 aliphatic heterocycles. The summed E-state index contributed by atoms with van der Waals surface area (Å²) in [6.07, 6.45) is 3.59. The van der Waals surface area contributed by atoms with Gasteiger partial charge in [0.1, 0.15) is 0 Å². The van der Waals surface area contributed by atoms with Crippen LogP contribution >= 0.6 is 11.6 Å². The van der Waals surface area contributed by atoms with E-state index in [2.05, 4.69) is 16.8 Å². The summed E-state index contributed by atoms with van der Waals surface area (Å²) in [4.78, 5) is 6.35. The van der Waals surface area contributed by atoms with Crippen molar-refractivity contribution in [2.24, 2.45) is 0 Å². The summed E-state index contributed by atoms with van der Waals surface area (Å²) in [5.74, 6) is 0.451. The number of alkyl halides is 1. The molecule has 0 spiro atoms. The van der Waals surface area contributed by atoms with Crippen molar-refractivity contribution in [1.29, 1.82) is 0 Å². The number of hydrogen-bond donors (Lipinski definition) is 0. The Bertz CT molecular complexity index is 350. The van der Waals surface area contributed by atoms with Gasteiger partial charge in [-0.25, -0.2) is 0 Å². The minimum Gasteiger partial charge on any atom is -0.383 e. The van der Waals surface area contributed by atoms with E-state index in [-0.39, 0.29) is 6.04 Å². The van der Waals surface area contributed by atoms with Gasteiger partial charge in [0, 0.05) is 50.5 Å². The summed E-state index contributed by atoms with van der Waals surface area (Å²) in [5, 5.41) is 0. The predicted molar refractivity (Wildman–Crippen MR) is 74.4 cm³/mol. The highest BCUT2D eigenvalue weighted by Crippen LogP contribution is 2.23. The molecule has 4 nitrogen and oxygen atoms in total. The van der Waals surface area contributed by atoms with Crippen molar-refractivity contribution in [3.63, 3.8) is 0 Å². The molecule has 0 aliphatic carbocycles. The average molecular weight is 273 g/mol. The Kier molecular flexibility index (Phi) is 7.01. The second kappa shape index (κ2) is 8.29. The number of nitrogens with zero attached hydrogens (tertiary/aromatic N) is 2. The third kappa shape index (κ3) is 4.12. The first-order chi connectivity index (χ1) is 8.74. The molecule has 0 amide bonds. The molecule has 1 heterocycles. The Labute approximate surface area is 114 Å². The number of pyridine rings is 1. The van der Waals surface area contributed by atoms with E-state index in [1.165, 1.54) is 0 Å². The molecule has 1 aromatic heterocycles. The monoisotopic (exact) mass is 272 g/mol. The van der Waals surface area contributed by atoms with Gasteiger partial charge in [0.05, 0.1) is 19.1 Å². The second-order valence-electron chi connectivity index (χ2n) is 4.13. The molecule has 5 heteroatoms. The molecule has 1 atom stereocenters. The fraction of sp³-hybridized carbons (Fsp3) is 0.615. The van der Waals surface area contributed by atoms with E-state index in [9.17, 15) is 0 Å². The Morgan fingerprint density at radius 2 is 2.17 bits per heavy atom. The van der Waals surface area contributed by atoms with Crippen LogP contribution in [0, 0.1) is 0 Å². The molecule has 0 bridgehead atoms. The minimum atomic E-state index is 0.259. The molecule has 0 aliphatic rings. The summed E-state index contributed by atoms with van der Waals surface area (Å²) in [5.41, 5.74) is 2.12. The van der Waals surface area contributed by atoms with Crippen LogP contribution in [0.2, 0.25) is 0 Å². The lowest BCUT2D eigenvalue weighted by Gasteiger charge is -2.32. The highest BCUT2D eigenvalue weighted by Gasteiger charge is 2.17. The first-order valence-corrected chi connectivity index (χ1v) is 6.51. The lowest BCUT2D eigenvalue weighted by molar-refractivity contribution is 0.171. The quantitative estimate of drug-likeness (QED) is 0.680. The fourth-order valence-electron chi connectivity index (χ4n) is 1.90. The maximum atomic E-state index is 5.96. The molecular formula is C13H21ClN2O2. The second-order valence-corrected chi connectivity index (χ2v) is 4.40. The molecule has 1 rings (SSSR count). The normalized spacial score (nSPS) is 12.4. The van der Waals surface area contributed by atoms with E-state index in [1.54, 1.807) is 20.4 Å². The predicted octanol–water partition coefficient (Wildman–Crippen LogP) is 2.31. The van der Waals surface area contributed by atoms with Crippen LogP contribution in [0.4, 0.5) is 5.69 Å². The number of anilines is 1. The molecule has 0 saturated heterocycles. The zero-order chi connectivity index (χ0) is 13.4. The molecule has 0 radical (unpaired) electrons. The molecule has 18 heavy (non-hydrogen) atoms. The van der Waals surface area contributed by atoms with Crippen LogP contribution in [-0.2, 0) is 15.4 Å². The van der Waals surface area contributed by atoms with Gasteiger partial charge in [0.2, 0.25) is 0 Å². The lowest BCUT2D eigenvalue weighted by atomic mass is 10.2. The number of aromatic nitrogens is 1. The van der Waals surface area contributed by atoms with Crippen molar-refractivity contribution in [2.75, 3.05) is 38.9 Å². The number of halogens is 1. The Morgan fingerprint density at radius 1 is 1.39 bits per heavy atom. The van der Waals surface area contributed by atoms with Crippen LogP contribution in [0.3, 0.4) is 0 Å². The maximum Gasteiger partial charge on any atom is 0.0663 e. The third-order valence-corrected chi connectivity index (χ3v) is 3.10. The molecule has 0 fully saturated rings. The van der Waals surface area contributed by atoms with E-state index in [0.717, 1.165) is 17.8 Å². The Balaban J connectivity index is 2.92. The van der Waals surface area contributed by atoms with E-state index in [4.69, 9.17) is 21.1 Å². The van der Waals surface area contributed by atoms with Gasteiger partial charge in [-0.3, -0.25) is 4.98 Å². The van der Waals surface area contributed by atoms with E-state index in [0.29, 0.717) is 19.1 Å². The fourth-order valence-corrected chi connectivity index (χ4v) is 2.11. The van der Waals surface area contributed by atoms with Crippen LogP contribution < -0.4 is 4.90 Å². The molecule has 0 aromatic carbocycles. The number of hydrogen-bond acceptors (Lipinski definition) is 4. The van der Waals surface area contributed by atoms with E-state index >= 15 is 0 Å². The van der Waals surface area contributed by atoms with Gasteiger partial charge in [0.25, 0.3) is 0 Å². The summed E-state index contributed by atoms with van der Waals surface area (Å²) >= 11 is 5.96. The summed E-state index contributed by atoms with van der Waals surface area (Å²) in [6, 6.07) is 2.24. The van der Waals surface area contributed by atoms with Gasteiger partial charge >= 0.3 is 0 Å². The maximum absolute atomic E-state index is 5.96. The molecule has 0 saturated carbocycles. The van der Waals surface area contributed by atoms with Gasteiger partial charge in [-0.2, -0.15) is 0 Å². The standard InChI is InChI=1S/C13H21ClN2O2/c1-11(10-18-3)16(6-7-17-2)13-4-5-15-9-12(13)8-14/h4-5,9,11H,6-8,10H2,1-3H3. The van der Waals surface area contributed by atoms with Crippen LogP contribution in [0.25, 0.3) is 0 Å². The zero-order valence-corrected chi connectivity index (χ0v) is 12.0. The summed E-state index contributed by atoms with van der Waals surface area (Å²) in [6.45, 7) is 4.25. The van der Waals surface area contributed by atoms with Crippen LogP contribution in [0.5, 0.6) is 0 Å². The van der Waals surface area contributed by atoms with Gasteiger partial charge in [-0.05, 0) is 13.0 Å². The van der Waals surface area contributed by atoms with Gasteiger partial charge in [0.15, 0.2) is 0 Å². The number of rotatable bonds is 8. The van der Waals surface area contributed by atoms with Crippen molar-refractivity contribution >= 4 is 17.3 Å². The Morgan fingerprint density at radius 3 is 2.78 bits per heavy atom. The van der Waals surface area contributed by atoms with Crippen molar-refractivity contribution in [2.45, 2.75) is 18.8 Å². The van der Waals surface area contributed by atoms with Crippen molar-refractivity contribution in [1.82, 2.24) is 4.98 Å². The highest BCUT2D eigenvalue weighted by molar-refractivity contribution is 6.17. The topological polar surface area (TPSA) is 34.6 Å². The molecular weight excluding hydrogens is 252 g/mol. The molecule has 102 valence electrons. The van der Waals surface area contributed by atoms with Crippen molar-refractivity contribution in [3.05, 3.63) is 24.0 Å². The van der Waals surface area contributed by atoms with Gasteiger partial charge in [-0.1, -0.05) is 0 Å². The average Bonchev–Trinajstić information content (AvgIpc) is 2.40. The first kappa shape index (κ1) is 15.2. The smallest absolute Gasteiger partial charge is 0.0663 e. The van der Waals surface area contributed by atoms with Crippen molar-refractivity contribution < 1.29 is 9.47 Å². The highest BCUT2D eigenvalue weighted by atomic mass is 35.5.